The van der Waals surface area contributed by atoms with Crippen molar-refractivity contribution < 1.29 is 0 Å². The van der Waals surface area contributed by atoms with Crippen molar-refractivity contribution in [1.29, 1.82) is 0 Å². The molecule has 2 aromatic heterocycles. The number of aromatic nitrogens is 2. The van der Waals surface area contributed by atoms with Crippen LogP contribution in [0.3, 0.4) is 0 Å². The molecular weight excluding hydrogens is 256 g/mol. The number of rotatable bonds is 3. The van der Waals surface area contributed by atoms with E-state index in [0.717, 1.165) is 23.0 Å². The quantitative estimate of drug-likeness (QED) is 0.938. The molecule has 1 fully saturated rings. The van der Waals surface area contributed by atoms with Gasteiger partial charge in [0.2, 0.25) is 0 Å². The number of nitrogens with zero attached hydrogens (tertiary/aromatic N) is 3. The van der Waals surface area contributed by atoms with Gasteiger partial charge in [0, 0.05) is 30.7 Å². The van der Waals surface area contributed by atoms with Gasteiger partial charge in [-0.3, -0.25) is 4.40 Å². The first kappa shape index (κ1) is 12.9. The highest BCUT2D eigenvalue weighted by atomic mass is 32.1. The molecule has 1 aliphatic heterocycles. The van der Waals surface area contributed by atoms with Crippen molar-refractivity contribution in [3.05, 3.63) is 17.3 Å². The second-order valence-corrected chi connectivity index (χ2v) is 6.12. The highest BCUT2D eigenvalue weighted by molar-refractivity contribution is 7.15. The van der Waals surface area contributed by atoms with Gasteiger partial charge in [-0.1, -0.05) is 19.8 Å². The van der Waals surface area contributed by atoms with Gasteiger partial charge >= 0.3 is 0 Å². The number of hydrogen-bond donors (Lipinski definition) is 1. The first-order chi connectivity index (χ1) is 9.35. The van der Waals surface area contributed by atoms with Crippen LogP contribution in [0.4, 0.5) is 5.82 Å². The summed E-state index contributed by atoms with van der Waals surface area (Å²) in [6.07, 6.45) is 8.51. The molecule has 1 unspecified atom stereocenters. The van der Waals surface area contributed by atoms with E-state index in [1.165, 1.54) is 32.1 Å². The van der Waals surface area contributed by atoms with Crippen molar-refractivity contribution in [3.63, 3.8) is 0 Å². The highest BCUT2D eigenvalue weighted by Crippen LogP contribution is 2.30. The number of hydrogen-bond acceptors (Lipinski definition) is 4. The summed E-state index contributed by atoms with van der Waals surface area (Å²) >= 11 is 1.69. The monoisotopic (exact) mass is 278 g/mol. The van der Waals surface area contributed by atoms with Gasteiger partial charge in [0.25, 0.3) is 0 Å². The van der Waals surface area contributed by atoms with Crippen LogP contribution in [0, 0.1) is 0 Å². The summed E-state index contributed by atoms with van der Waals surface area (Å²) in [6, 6.07) is 0.623. The lowest BCUT2D eigenvalue weighted by Crippen LogP contribution is -2.35. The Morgan fingerprint density at radius 1 is 1.42 bits per heavy atom. The number of imidazole rings is 1. The Morgan fingerprint density at radius 3 is 3.11 bits per heavy atom. The van der Waals surface area contributed by atoms with Gasteiger partial charge < -0.3 is 10.6 Å². The molecule has 1 atom stereocenters. The lowest BCUT2D eigenvalue weighted by Gasteiger charge is -2.30. The Morgan fingerprint density at radius 2 is 2.32 bits per heavy atom. The van der Waals surface area contributed by atoms with Crippen LogP contribution in [-0.4, -0.2) is 22.0 Å². The van der Waals surface area contributed by atoms with Gasteiger partial charge in [-0.05, 0) is 19.3 Å². The van der Waals surface area contributed by atoms with Crippen molar-refractivity contribution >= 4 is 22.1 Å². The SMILES string of the molecule is CCC1CCCCCN1c1nc2sccn2c1CN. The second kappa shape index (κ2) is 5.51. The van der Waals surface area contributed by atoms with Crippen molar-refractivity contribution in [2.45, 2.75) is 51.6 Å². The maximum absolute atomic E-state index is 5.97. The molecule has 0 radical (unpaired) electrons. The molecule has 1 aliphatic rings. The minimum Gasteiger partial charge on any atom is -0.352 e. The molecule has 0 aliphatic carbocycles. The molecular formula is C14H22N4S. The number of fused-ring (bicyclic) bond motifs is 1. The predicted octanol–water partition coefficient (Wildman–Crippen LogP) is 3.01. The number of thiazole rings is 1. The first-order valence-electron chi connectivity index (χ1n) is 7.26. The summed E-state index contributed by atoms with van der Waals surface area (Å²) in [4.78, 5) is 8.41. The maximum Gasteiger partial charge on any atom is 0.195 e. The van der Waals surface area contributed by atoms with Gasteiger partial charge in [0.1, 0.15) is 0 Å². The molecule has 2 N–H and O–H groups in total. The molecule has 19 heavy (non-hydrogen) atoms. The van der Waals surface area contributed by atoms with Gasteiger partial charge in [-0.15, -0.1) is 11.3 Å². The van der Waals surface area contributed by atoms with E-state index >= 15 is 0 Å². The largest absolute Gasteiger partial charge is 0.352 e. The highest BCUT2D eigenvalue weighted by Gasteiger charge is 2.25. The molecule has 3 rings (SSSR count). The predicted molar refractivity (Wildman–Crippen MR) is 80.9 cm³/mol. The van der Waals surface area contributed by atoms with Crippen LogP contribution in [0.1, 0.15) is 44.7 Å². The summed E-state index contributed by atoms with van der Waals surface area (Å²) in [5.41, 5.74) is 7.13. The molecule has 3 heterocycles. The lowest BCUT2D eigenvalue weighted by atomic mass is 10.1. The van der Waals surface area contributed by atoms with Crippen LogP contribution >= 0.6 is 11.3 Å². The lowest BCUT2D eigenvalue weighted by molar-refractivity contribution is 0.551. The molecule has 4 nitrogen and oxygen atoms in total. The average molecular weight is 278 g/mol. The van der Waals surface area contributed by atoms with E-state index in [2.05, 4.69) is 27.8 Å². The second-order valence-electron chi connectivity index (χ2n) is 5.25. The fourth-order valence-corrected chi connectivity index (χ4v) is 3.85. The summed E-state index contributed by atoms with van der Waals surface area (Å²) < 4.78 is 2.15. The Balaban J connectivity index is 2.02. The first-order valence-corrected chi connectivity index (χ1v) is 8.14. The smallest absolute Gasteiger partial charge is 0.195 e. The van der Waals surface area contributed by atoms with Crippen molar-refractivity contribution in [3.8, 4) is 0 Å². The van der Waals surface area contributed by atoms with E-state index in [-0.39, 0.29) is 0 Å². The van der Waals surface area contributed by atoms with E-state index in [1.54, 1.807) is 11.3 Å². The van der Waals surface area contributed by atoms with Crippen LogP contribution in [-0.2, 0) is 6.54 Å². The van der Waals surface area contributed by atoms with Gasteiger partial charge in [-0.25, -0.2) is 4.98 Å². The molecule has 0 amide bonds. The van der Waals surface area contributed by atoms with Gasteiger partial charge in [0.15, 0.2) is 10.8 Å². The Labute approximate surface area is 118 Å². The molecule has 0 aromatic carbocycles. The zero-order valence-electron chi connectivity index (χ0n) is 11.5. The number of anilines is 1. The fourth-order valence-electron chi connectivity index (χ4n) is 3.12. The third kappa shape index (κ3) is 2.25. The van der Waals surface area contributed by atoms with Crippen LogP contribution < -0.4 is 10.6 Å². The molecule has 1 saturated heterocycles. The van der Waals surface area contributed by atoms with E-state index in [4.69, 9.17) is 10.7 Å². The normalized spacial score (nSPS) is 20.9. The third-order valence-electron chi connectivity index (χ3n) is 4.15. The Bertz CT molecular complexity index is 545. The zero-order chi connectivity index (χ0) is 13.2. The maximum atomic E-state index is 5.97. The van der Waals surface area contributed by atoms with E-state index < -0.39 is 0 Å². The molecule has 104 valence electrons. The molecule has 2 aromatic rings. The third-order valence-corrected chi connectivity index (χ3v) is 4.91. The van der Waals surface area contributed by atoms with Crippen molar-refractivity contribution in [2.75, 3.05) is 11.4 Å². The topological polar surface area (TPSA) is 46.6 Å². The van der Waals surface area contributed by atoms with Crippen LogP contribution in [0.5, 0.6) is 0 Å². The van der Waals surface area contributed by atoms with Crippen molar-refractivity contribution in [1.82, 2.24) is 9.38 Å². The van der Waals surface area contributed by atoms with Crippen LogP contribution in [0.25, 0.3) is 4.96 Å². The summed E-state index contributed by atoms with van der Waals surface area (Å²) in [7, 11) is 0. The van der Waals surface area contributed by atoms with Gasteiger partial charge in [-0.2, -0.15) is 0 Å². The minimum absolute atomic E-state index is 0.556. The molecule has 0 saturated carbocycles. The van der Waals surface area contributed by atoms with E-state index in [0.29, 0.717) is 12.6 Å². The standard InChI is InChI=1S/C14H22N4S/c1-2-11-6-4-3-5-7-17(11)13-12(10-15)18-8-9-19-14(18)16-13/h8-9,11H,2-7,10,15H2,1H3. The zero-order valence-corrected chi connectivity index (χ0v) is 12.3. The van der Waals surface area contributed by atoms with Crippen molar-refractivity contribution in [2.24, 2.45) is 5.73 Å². The Kier molecular flexibility index (Phi) is 3.75. The Hall–Kier alpha value is -1.07. The van der Waals surface area contributed by atoms with Gasteiger partial charge in [0.05, 0.1) is 5.69 Å². The number of nitrogens with two attached hydrogens (primary N) is 1. The molecule has 0 spiro atoms. The van der Waals surface area contributed by atoms with E-state index in [1.807, 2.05) is 0 Å². The average Bonchev–Trinajstić information content (AvgIpc) is 2.91. The van der Waals surface area contributed by atoms with Crippen LogP contribution in [0.2, 0.25) is 0 Å². The summed E-state index contributed by atoms with van der Waals surface area (Å²) in [5.74, 6) is 1.13. The summed E-state index contributed by atoms with van der Waals surface area (Å²) in [6.45, 7) is 3.96. The molecule has 0 bridgehead atoms. The minimum atomic E-state index is 0.556. The van der Waals surface area contributed by atoms with Crippen LogP contribution in [0.15, 0.2) is 11.6 Å². The van der Waals surface area contributed by atoms with E-state index in [9.17, 15) is 0 Å². The fraction of sp³-hybridized carbons (Fsp3) is 0.643. The summed E-state index contributed by atoms with van der Waals surface area (Å²) in [5, 5.41) is 2.07. The molecule has 5 heteroatoms.